The van der Waals surface area contributed by atoms with E-state index < -0.39 is 11.9 Å². The second-order valence-corrected chi connectivity index (χ2v) is 5.54. The molecular weight excluding hydrogens is 297 g/mol. The van der Waals surface area contributed by atoms with E-state index in [4.69, 9.17) is 10.00 Å². The van der Waals surface area contributed by atoms with Crippen LogP contribution in [0.2, 0.25) is 0 Å². The molecule has 0 aliphatic carbocycles. The first-order valence-corrected chi connectivity index (χ1v) is 6.95. The van der Waals surface area contributed by atoms with Crippen LogP contribution in [0.1, 0.15) is 11.3 Å². The van der Waals surface area contributed by atoms with Crippen molar-refractivity contribution in [2.75, 3.05) is 38.2 Å². The summed E-state index contributed by atoms with van der Waals surface area (Å²) in [5, 5.41) is 9.14. The first kappa shape index (κ1) is 15.1. The molecule has 3 rings (SSSR count). The van der Waals surface area contributed by atoms with Crippen LogP contribution >= 0.6 is 0 Å². The quantitative estimate of drug-likeness (QED) is 0.786. The molecule has 0 N–H and O–H groups in total. The lowest BCUT2D eigenvalue weighted by Gasteiger charge is -2.33. The van der Waals surface area contributed by atoms with E-state index in [1.54, 1.807) is 4.90 Å². The summed E-state index contributed by atoms with van der Waals surface area (Å²) in [7, 11) is 1.97. The second-order valence-electron chi connectivity index (χ2n) is 5.54. The predicted molar refractivity (Wildman–Crippen MR) is 72.3 cm³/mol. The number of nitriles is 1. The van der Waals surface area contributed by atoms with Crippen molar-refractivity contribution in [1.82, 2.24) is 9.88 Å². The number of fused-ring (bicyclic) bond motifs is 1. The molecular formula is C14H15F3N4O. The van der Waals surface area contributed by atoms with Crippen molar-refractivity contribution in [3.05, 3.63) is 23.4 Å². The highest BCUT2D eigenvalue weighted by atomic mass is 19.4. The van der Waals surface area contributed by atoms with Crippen LogP contribution in [0.25, 0.3) is 0 Å². The lowest BCUT2D eigenvalue weighted by Crippen LogP contribution is -2.48. The molecule has 2 aliphatic heterocycles. The highest BCUT2D eigenvalue weighted by Gasteiger charge is 2.40. The maximum absolute atomic E-state index is 12.9. The SMILES string of the molecule is CN1CCOC2CN(c3nc(C(F)(F)F)ccc3C#N)CC21. The minimum Gasteiger partial charge on any atom is -0.373 e. The van der Waals surface area contributed by atoms with Crippen molar-refractivity contribution in [3.8, 4) is 6.07 Å². The van der Waals surface area contributed by atoms with Gasteiger partial charge < -0.3 is 9.64 Å². The van der Waals surface area contributed by atoms with E-state index in [2.05, 4.69) is 9.88 Å². The van der Waals surface area contributed by atoms with Gasteiger partial charge in [-0.1, -0.05) is 0 Å². The topological polar surface area (TPSA) is 52.4 Å². The van der Waals surface area contributed by atoms with Crippen LogP contribution in [0.4, 0.5) is 19.0 Å². The summed E-state index contributed by atoms with van der Waals surface area (Å²) in [6, 6.07) is 4.05. The van der Waals surface area contributed by atoms with Gasteiger partial charge in [0.25, 0.3) is 0 Å². The summed E-state index contributed by atoms with van der Waals surface area (Å²) in [6.07, 6.45) is -4.59. The number of pyridine rings is 1. The zero-order chi connectivity index (χ0) is 15.9. The van der Waals surface area contributed by atoms with Crippen LogP contribution < -0.4 is 4.90 Å². The van der Waals surface area contributed by atoms with Crippen LogP contribution in [0.3, 0.4) is 0 Å². The van der Waals surface area contributed by atoms with E-state index in [1.807, 2.05) is 13.1 Å². The van der Waals surface area contributed by atoms with Gasteiger partial charge in [0.1, 0.15) is 17.6 Å². The number of aromatic nitrogens is 1. The number of hydrogen-bond donors (Lipinski definition) is 0. The Kier molecular flexibility index (Phi) is 3.70. The summed E-state index contributed by atoms with van der Waals surface area (Å²) < 4.78 is 44.2. The van der Waals surface area contributed by atoms with Gasteiger partial charge in [-0.3, -0.25) is 4.90 Å². The molecule has 0 amide bonds. The Morgan fingerprint density at radius 2 is 2.14 bits per heavy atom. The number of halogens is 3. The third-order valence-electron chi connectivity index (χ3n) is 4.16. The Morgan fingerprint density at radius 1 is 1.36 bits per heavy atom. The maximum atomic E-state index is 12.9. The van der Waals surface area contributed by atoms with E-state index in [0.29, 0.717) is 19.7 Å². The highest BCUT2D eigenvalue weighted by Crippen LogP contribution is 2.32. The zero-order valence-electron chi connectivity index (χ0n) is 12.0. The number of rotatable bonds is 1. The Labute approximate surface area is 125 Å². The number of nitrogens with zero attached hydrogens (tertiary/aromatic N) is 4. The molecule has 3 heterocycles. The predicted octanol–water partition coefficient (Wildman–Crippen LogP) is 1.49. The van der Waals surface area contributed by atoms with Crippen LogP contribution in [0, 0.1) is 11.3 Å². The van der Waals surface area contributed by atoms with Crippen LogP contribution in [0.15, 0.2) is 12.1 Å². The van der Waals surface area contributed by atoms with Gasteiger partial charge in [0.05, 0.1) is 24.3 Å². The number of hydrogen-bond acceptors (Lipinski definition) is 5. The minimum atomic E-state index is -4.53. The first-order valence-electron chi connectivity index (χ1n) is 6.95. The largest absolute Gasteiger partial charge is 0.433 e. The van der Waals surface area contributed by atoms with Crippen molar-refractivity contribution in [1.29, 1.82) is 5.26 Å². The maximum Gasteiger partial charge on any atom is 0.433 e. The summed E-state index contributed by atoms with van der Waals surface area (Å²) >= 11 is 0. The van der Waals surface area contributed by atoms with E-state index in [9.17, 15) is 13.2 Å². The normalized spacial score (nSPS) is 25.9. The number of likely N-dealkylation sites (N-methyl/N-ethyl adjacent to an activating group) is 1. The van der Waals surface area contributed by atoms with Gasteiger partial charge >= 0.3 is 6.18 Å². The van der Waals surface area contributed by atoms with Crippen LogP contribution in [-0.2, 0) is 10.9 Å². The Balaban J connectivity index is 1.93. The average molecular weight is 312 g/mol. The van der Waals surface area contributed by atoms with Crippen molar-refractivity contribution in [3.63, 3.8) is 0 Å². The molecule has 22 heavy (non-hydrogen) atoms. The molecule has 0 aromatic carbocycles. The van der Waals surface area contributed by atoms with Gasteiger partial charge in [0, 0.05) is 19.6 Å². The van der Waals surface area contributed by atoms with Gasteiger partial charge in [0.2, 0.25) is 0 Å². The third kappa shape index (κ3) is 2.62. The Bertz CT molecular complexity index is 613. The molecule has 5 nitrogen and oxygen atoms in total. The van der Waals surface area contributed by atoms with Crippen molar-refractivity contribution < 1.29 is 17.9 Å². The van der Waals surface area contributed by atoms with Gasteiger partial charge in [0.15, 0.2) is 0 Å². The molecule has 2 unspecified atom stereocenters. The van der Waals surface area contributed by atoms with E-state index in [1.165, 1.54) is 6.07 Å². The standard InChI is InChI=1S/C14H15F3N4O/c1-20-4-5-22-11-8-21(7-10(11)20)13-9(6-18)2-3-12(19-13)14(15,16)17/h2-3,10-11H,4-5,7-8H2,1H3. The summed E-state index contributed by atoms with van der Waals surface area (Å²) in [4.78, 5) is 7.53. The second kappa shape index (κ2) is 5.41. The zero-order valence-corrected chi connectivity index (χ0v) is 12.0. The minimum absolute atomic E-state index is 0.0679. The first-order chi connectivity index (χ1) is 10.4. The lowest BCUT2D eigenvalue weighted by molar-refractivity contribution is -0.141. The summed E-state index contributed by atoms with van der Waals surface area (Å²) in [6.45, 7) is 2.34. The molecule has 1 aromatic heterocycles. The molecule has 2 atom stereocenters. The van der Waals surface area contributed by atoms with Gasteiger partial charge in [-0.15, -0.1) is 0 Å². The Hall–Kier alpha value is -1.85. The molecule has 0 spiro atoms. The van der Waals surface area contributed by atoms with E-state index in [0.717, 1.165) is 12.6 Å². The van der Waals surface area contributed by atoms with Gasteiger partial charge in [-0.05, 0) is 19.2 Å². The molecule has 0 radical (unpaired) electrons. The molecule has 2 saturated heterocycles. The van der Waals surface area contributed by atoms with E-state index >= 15 is 0 Å². The van der Waals surface area contributed by atoms with Crippen LogP contribution in [-0.4, -0.2) is 55.3 Å². The number of ether oxygens (including phenoxy) is 1. The van der Waals surface area contributed by atoms with E-state index in [-0.39, 0.29) is 23.5 Å². The fraction of sp³-hybridized carbons (Fsp3) is 0.571. The van der Waals surface area contributed by atoms with Gasteiger partial charge in [-0.2, -0.15) is 18.4 Å². The number of alkyl halides is 3. The molecule has 2 aliphatic rings. The van der Waals surface area contributed by atoms with Gasteiger partial charge in [-0.25, -0.2) is 4.98 Å². The molecule has 118 valence electrons. The Morgan fingerprint density at radius 3 is 2.77 bits per heavy atom. The van der Waals surface area contributed by atoms with Crippen molar-refractivity contribution in [2.24, 2.45) is 0 Å². The highest BCUT2D eigenvalue weighted by molar-refractivity contribution is 5.55. The fourth-order valence-corrected chi connectivity index (χ4v) is 2.97. The molecule has 1 aromatic rings. The fourth-order valence-electron chi connectivity index (χ4n) is 2.97. The third-order valence-corrected chi connectivity index (χ3v) is 4.16. The smallest absolute Gasteiger partial charge is 0.373 e. The van der Waals surface area contributed by atoms with Crippen molar-refractivity contribution >= 4 is 5.82 Å². The monoisotopic (exact) mass is 312 g/mol. The molecule has 8 heteroatoms. The summed E-state index contributed by atoms with van der Waals surface area (Å²) in [5.74, 6) is 0.0868. The summed E-state index contributed by atoms with van der Waals surface area (Å²) in [5.41, 5.74) is -0.833. The number of anilines is 1. The molecule has 0 saturated carbocycles. The van der Waals surface area contributed by atoms with Crippen LogP contribution in [0.5, 0.6) is 0 Å². The van der Waals surface area contributed by atoms with Crippen molar-refractivity contribution in [2.45, 2.75) is 18.3 Å². The lowest BCUT2D eigenvalue weighted by atomic mass is 10.1. The number of morpholine rings is 1. The molecule has 2 fully saturated rings. The molecule has 0 bridgehead atoms. The average Bonchev–Trinajstić information content (AvgIpc) is 2.91.